The number of hydrogen-bond acceptors (Lipinski definition) is 1. The number of fused-ring (bicyclic) bond motifs is 1. The molecular weight excluding hydrogens is 182 g/mol. The van der Waals surface area contributed by atoms with Crippen molar-refractivity contribution >= 4 is 10.9 Å². The summed E-state index contributed by atoms with van der Waals surface area (Å²) >= 11 is 0. The predicted octanol–water partition coefficient (Wildman–Crippen LogP) is 3.92. The molecule has 0 aliphatic rings. The van der Waals surface area contributed by atoms with Crippen molar-refractivity contribution in [1.82, 2.24) is 4.98 Å². The number of aromatic nitrogens is 1. The monoisotopic (exact) mass is 199 g/mol. The lowest BCUT2D eigenvalue weighted by molar-refractivity contribution is 0.868. The number of pyridine rings is 1. The van der Waals surface area contributed by atoms with Crippen LogP contribution in [-0.4, -0.2) is 4.98 Å². The maximum atomic E-state index is 4.45. The second kappa shape index (κ2) is 4.01. The molecule has 78 valence electrons. The predicted molar refractivity (Wildman–Crippen MR) is 65.2 cm³/mol. The summed E-state index contributed by atoms with van der Waals surface area (Å²) in [4.78, 5) is 4.45. The molecule has 1 nitrogen and oxygen atoms in total. The van der Waals surface area contributed by atoms with Crippen LogP contribution in [0.5, 0.6) is 0 Å². The topological polar surface area (TPSA) is 12.9 Å². The molecule has 0 saturated carbocycles. The number of aryl methyl sites for hydroxylation is 1. The fourth-order valence-corrected chi connectivity index (χ4v) is 1.75. The van der Waals surface area contributed by atoms with Crippen LogP contribution in [0.15, 0.2) is 30.5 Å². The average molecular weight is 199 g/mol. The van der Waals surface area contributed by atoms with E-state index in [-0.39, 0.29) is 0 Å². The Labute approximate surface area is 91.2 Å². The van der Waals surface area contributed by atoms with E-state index >= 15 is 0 Å². The highest BCUT2D eigenvalue weighted by Gasteiger charge is 2.01. The van der Waals surface area contributed by atoms with Gasteiger partial charge in [0.1, 0.15) is 0 Å². The Bertz CT molecular complexity index is 472. The highest BCUT2D eigenvalue weighted by atomic mass is 14.6. The van der Waals surface area contributed by atoms with E-state index < -0.39 is 0 Å². The van der Waals surface area contributed by atoms with E-state index in [4.69, 9.17) is 0 Å². The third-order valence-corrected chi connectivity index (χ3v) is 2.84. The van der Waals surface area contributed by atoms with Crippen LogP contribution < -0.4 is 0 Å². The summed E-state index contributed by atoms with van der Waals surface area (Å²) in [6, 6.07) is 8.79. The minimum absolute atomic E-state index is 0.583. The van der Waals surface area contributed by atoms with E-state index in [1.807, 2.05) is 6.20 Å². The molecule has 0 radical (unpaired) electrons. The Kier molecular flexibility index (Phi) is 2.72. The summed E-state index contributed by atoms with van der Waals surface area (Å²) in [6.45, 7) is 6.60. The smallest absolute Gasteiger partial charge is 0.0702 e. The molecule has 0 atom stereocenters. The largest absolute Gasteiger partial charge is 0.256 e. The van der Waals surface area contributed by atoms with E-state index in [0.717, 1.165) is 11.9 Å². The van der Waals surface area contributed by atoms with Gasteiger partial charge in [0, 0.05) is 11.6 Å². The molecule has 2 aromatic rings. The summed E-state index contributed by atoms with van der Waals surface area (Å²) in [6.07, 6.45) is 3.02. The fourth-order valence-electron chi connectivity index (χ4n) is 1.75. The van der Waals surface area contributed by atoms with Crippen molar-refractivity contribution in [3.63, 3.8) is 0 Å². The molecule has 0 unspecified atom stereocenters. The van der Waals surface area contributed by atoms with Gasteiger partial charge in [-0.3, -0.25) is 4.98 Å². The molecule has 0 amide bonds. The Balaban J connectivity index is 2.57. The zero-order chi connectivity index (χ0) is 10.8. The van der Waals surface area contributed by atoms with E-state index in [0.29, 0.717) is 5.92 Å². The van der Waals surface area contributed by atoms with Crippen LogP contribution in [0.2, 0.25) is 0 Å². The molecule has 15 heavy (non-hydrogen) atoms. The number of benzene rings is 1. The molecule has 0 spiro atoms. The summed E-state index contributed by atoms with van der Waals surface area (Å²) < 4.78 is 0. The Hall–Kier alpha value is -1.37. The van der Waals surface area contributed by atoms with Gasteiger partial charge < -0.3 is 0 Å². The van der Waals surface area contributed by atoms with Crippen molar-refractivity contribution in [2.45, 2.75) is 33.1 Å². The van der Waals surface area contributed by atoms with Crippen LogP contribution >= 0.6 is 0 Å². The fraction of sp³-hybridized carbons (Fsp3) is 0.357. The van der Waals surface area contributed by atoms with Crippen molar-refractivity contribution in [2.75, 3.05) is 0 Å². The number of hydrogen-bond donors (Lipinski definition) is 0. The van der Waals surface area contributed by atoms with Gasteiger partial charge in [-0.1, -0.05) is 26.8 Å². The minimum atomic E-state index is 0.583. The standard InChI is InChI=1S/C14H17N/c1-4-11-7-13-8-12(10(2)3)5-6-14(13)15-9-11/h5-10H,4H2,1-3H3. The maximum Gasteiger partial charge on any atom is 0.0702 e. The van der Waals surface area contributed by atoms with Crippen molar-refractivity contribution in [3.8, 4) is 0 Å². The van der Waals surface area contributed by atoms with Crippen molar-refractivity contribution in [2.24, 2.45) is 0 Å². The van der Waals surface area contributed by atoms with Crippen LogP contribution in [0.4, 0.5) is 0 Å². The van der Waals surface area contributed by atoms with Gasteiger partial charge >= 0.3 is 0 Å². The van der Waals surface area contributed by atoms with Crippen molar-refractivity contribution < 1.29 is 0 Å². The van der Waals surface area contributed by atoms with Gasteiger partial charge in [0.05, 0.1) is 5.52 Å². The van der Waals surface area contributed by atoms with Crippen LogP contribution in [-0.2, 0) is 6.42 Å². The summed E-state index contributed by atoms with van der Waals surface area (Å²) in [7, 11) is 0. The Morgan fingerprint density at radius 1 is 1.20 bits per heavy atom. The van der Waals surface area contributed by atoms with Gasteiger partial charge in [0.25, 0.3) is 0 Å². The third kappa shape index (κ3) is 2.01. The van der Waals surface area contributed by atoms with Crippen molar-refractivity contribution in [3.05, 3.63) is 41.6 Å². The molecule has 2 rings (SSSR count). The van der Waals surface area contributed by atoms with Gasteiger partial charge in [0.15, 0.2) is 0 Å². The molecule has 0 N–H and O–H groups in total. The highest BCUT2D eigenvalue weighted by Crippen LogP contribution is 2.20. The van der Waals surface area contributed by atoms with Crippen molar-refractivity contribution in [1.29, 1.82) is 0 Å². The van der Waals surface area contributed by atoms with Gasteiger partial charge in [-0.15, -0.1) is 0 Å². The quantitative estimate of drug-likeness (QED) is 0.714. The lowest BCUT2D eigenvalue weighted by atomic mass is 10.0. The van der Waals surface area contributed by atoms with Crippen LogP contribution in [0.25, 0.3) is 10.9 Å². The maximum absolute atomic E-state index is 4.45. The van der Waals surface area contributed by atoms with Crippen LogP contribution in [0, 0.1) is 0 Å². The van der Waals surface area contributed by atoms with E-state index in [1.54, 1.807) is 0 Å². The van der Waals surface area contributed by atoms with Gasteiger partial charge in [-0.05, 0) is 41.7 Å². The molecule has 0 bridgehead atoms. The first kappa shape index (κ1) is 10.2. The van der Waals surface area contributed by atoms with Gasteiger partial charge in [-0.25, -0.2) is 0 Å². The first-order valence-electron chi connectivity index (χ1n) is 5.59. The second-order valence-electron chi connectivity index (χ2n) is 4.30. The van der Waals surface area contributed by atoms with E-state index in [1.165, 1.54) is 16.5 Å². The molecule has 1 heterocycles. The average Bonchev–Trinajstić information content (AvgIpc) is 2.27. The third-order valence-electron chi connectivity index (χ3n) is 2.84. The first-order valence-corrected chi connectivity index (χ1v) is 5.59. The SMILES string of the molecule is CCc1cnc2ccc(C(C)C)cc2c1. The highest BCUT2D eigenvalue weighted by molar-refractivity contribution is 5.79. The molecular formula is C14H17N. The van der Waals surface area contributed by atoms with E-state index in [9.17, 15) is 0 Å². The van der Waals surface area contributed by atoms with Crippen LogP contribution in [0.3, 0.4) is 0 Å². The normalized spacial score (nSPS) is 11.2. The number of rotatable bonds is 2. The molecule has 0 aliphatic heterocycles. The molecule has 1 heteroatoms. The molecule has 1 aromatic carbocycles. The summed E-state index contributed by atoms with van der Waals surface area (Å²) in [5.74, 6) is 0.583. The Morgan fingerprint density at radius 2 is 2.00 bits per heavy atom. The molecule has 0 aliphatic carbocycles. The second-order valence-corrected chi connectivity index (χ2v) is 4.30. The Morgan fingerprint density at radius 3 is 2.67 bits per heavy atom. The van der Waals surface area contributed by atoms with Gasteiger partial charge in [0.2, 0.25) is 0 Å². The summed E-state index contributed by atoms with van der Waals surface area (Å²) in [5, 5.41) is 1.26. The lowest BCUT2D eigenvalue weighted by Crippen LogP contribution is -1.89. The summed E-state index contributed by atoms with van der Waals surface area (Å²) in [5.41, 5.74) is 3.79. The molecule has 1 aromatic heterocycles. The zero-order valence-corrected chi connectivity index (χ0v) is 9.62. The first-order chi connectivity index (χ1) is 7.20. The molecule has 0 fully saturated rings. The van der Waals surface area contributed by atoms with E-state index in [2.05, 4.69) is 50.0 Å². The lowest BCUT2D eigenvalue weighted by Gasteiger charge is -2.07. The van der Waals surface area contributed by atoms with Gasteiger partial charge in [-0.2, -0.15) is 0 Å². The zero-order valence-electron chi connectivity index (χ0n) is 9.62. The molecule has 0 saturated heterocycles. The number of nitrogens with zero attached hydrogens (tertiary/aromatic N) is 1. The minimum Gasteiger partial charge on any atom is -0.256 e. The van der Waals surface area contributed by atoms with Crippen LogP contribution in [0.1, 0.15) is 37.8 Å².